The Balaban J connectivity index is 1.53. The largest absolute Gasteiger partial charge is 0.459 e. The molecule has 1 unspecified atom stereocenters. The molecule has 0 fully saturated rings. The van der Waals surface area contributed by atoms with Crippen LogP contribution in [0.15, 0.2) is 77.4 Å². The lowest BCUT2D eigenvalue weighted by atomic mass is 10.1. The second-order valence-electron chi connectivity index (χ2n) is 7.40. The van der Waals surface area contributed by atoms with E-state index in [1.165, 1.54) is 6.26 Å². The van der Waals surface area contributed by atoms with Crippen LogP contribution in [-0.4, -0.2) is 36.5 Å². The Labute approximate surface area is 188 Å². The number of amides is 3. The molecule has 3 N–H and O–H groups in total. The van der Waals surface area contributed by atoms with Crippen molar-refractivity contribution < 1.29 is 14.0 Å². The molecule has 0 bridgehead atoms. The minimum Gasteiger partial charge on any atom is -0.459 e. The average molecular weight is 435 g/mol. The number of rotatable bonds is 10. The van der Waals surface area contributed by atoms with Crippen molar-refractivity contribution in [1.82, 2.24) is 15.5 Å². The zero-order valence-corrected chi connectivity index (χ0v) is 18.5. The monoisotopic (exact) mass is 434 g/mol. The summed E-state index contributed by atoms with van der Waals surface area (Å²) in [6.07, 6.45) is 1.46. The topological polar surface area (TPSA) is 86.6 Å². The van der Waals surface area contributed by atoms with Crippen LogP contribution in [0.2, 0.25) is 0 Å². The fourth-order valence-corrected chi connectivity index (χ4v) is 3.36. The van der Waals surface area contributed by atoms with Gasteiger partial charge in [0.2, 0.25) is 0 Å². The van der Waals surface area contributed by atoms with Gasteiger partial charge in [0.25, 0.3) is 5.91 Å². The van der Waals surface area contributed by atoms with Crippen LogP contribution in [0.1, 0.15) is 41.6 Å². The Hall–Kier alpha value is -3.58. The second-order valence-corrected chi connectivity index (χ2v) is 7.40. The number of nitrogens with one attached hydrogen (secondary N) is 3. The van der Waals surface area contributed by atoms with Gasteiger partial charge in [0, 0.05) is 18.8 Å². The van der Waals surface area contributed by atoms with Gasteiger partial charge in [-0.15, -0.1) is 0 Å². The maximum Gasteiger partial charge on any atom is 0.315 e. The van der Waals surface area contributed by atoms with Gasteiger partial charge in [-0.2, -0.15) is 0 Å². The molecule has 7 heteroatoms. The highest BCUT2D eigenvalue weighted by atomic mass is 16.3. The highest BCUT2D eigenvalue weighted by Gasteiger charge is 2.17. The predicted octanol–water partition coefficient (Wildman–Crippen LogP) is 4.41. The fraction of sp³-hybridized carbons (Fsp3) is 0.280. The third-order valence-corrected chi connectivity index (χ3v) is 5.25. The highest BCUT2D eigenvalue weighted by Crippen LogP contribution is 2.15. The Kier molecular flexibility index (Phi) is 8.45. The van der Waals surface area contributed by atoms with E-state index >= 15 is 0 Å². The SMILES string of the molecule is CCN(CC)CC(NC(=O)NCc1ccc(NC(=O)c2ccco2)cc1)c1ccccc1. The van der Waals surface area contributed by atoms with Crippen molar-refractivity contribution in [3.05, 3.63) is 89.9 Å². The van der Waals surface area contributed by atoms with Crippen LogP contribution >= 0.6 is 0 Å². The number of likely N-dealkylation sites (N-methyl/N-ethyl adjacent to an activating group) is 1. The first-order valence-electron chi connectivity index (χ1n) is 10.8. The Morgan fingerprint density at radius 3 is 2.28 bits per heavy atom. The molecule has 0 aliphatic rings. The molecule has 168 valence electrons. The summed E-state index contributed by atoms with van der Waals surface area (Å²) in [5, 5.41) is 8.79. The van der Waals surface area contributed by atoms with Crippen LogP contribution in [0, 0.1) is 0 Å². The lowest BCUT2D eigenvalue weighted by molar-refractivity contribution is 0.0996. The van der Waals surface area contributed by atoms with E-state index in [0.29, 0.717) is 12.2 Å². The number of hydrogen-bond donors (Lipinski definition) is 3. The van der Waals surface area contributed by atoms with E-state index in [-0.39, 0.29) is 23.7 Å². The van der Waals surface area contributed by atoms with E-state index in [1.807, 2.05) is 42.5 Å². The van der Waals surface area contributed by atoms with Gasteiger partial charge >= 0.3 is 6.03 Å². The van der Waals surface area contributed by atoms with Crippen LogP contribution in [0.5, 0.6) is 0 Å². The van der Waals surface area contributed by atoms with Crippen molar-refractivity contribution in [3.63, 3.8) is 0 Å². The standard InChI is InChI=1S/C25H30N4O3/c1-3-29(4-2)18-22(20-9-6-5-7-10-20)28-25(31)26-17-19-12-14-21(15-13-19)27-24(30)23-11-8-16-32-23/h5-16,22H,3-4,17-18H2,1-2H3,(H,27,30)(H2,26,28,31). The van der Waals surface area contributed by atoms with Crippen molar-refractivity contribution in [3.8, 4) is 0 Å². The lowest BCUT2D eigenvalue weighted by Gasteiger charge is -2.26. The number of urea groups is 1. The van der Waals surface area contributed by atoms with Gasteiger partial charge in [0.15, 0.2) is 5.76 Å². The van der Waals surface area contributed by atoms with Crippen LogP contribution in [0.3, 0.4) is 0 Å². The molecule has 0 saturated heterocycles. The van der Waals surface area contributed by atoms with Crippen LogP contribution < -0.4 is 16.0 Å². The summed E-state index contributed by atoms with van der Waals surface area (Å²) in [5.41, 5.74) is 2.66. The maximum absolute atomic E-state index is 12.6. The number of carbonyl (C=O) groups is 2. The smallest absolute Gasteiger partial charge is 0.315 e. The molecule has 0 aliphatic carbocycles. The molecule has 0 spiro atoms. The van der Waals surface area contributed by atoms with E-state index in [1.54, 1.807) is 24.3 Å². The van der Waals surface area contributed by atoms with Crippen molar-refractivity contribution in [1.29, 1.82) is 0 Å². The molecule has 1 atom stereocenters. The normalized spacial score (nSPS) is 11.7. The van der Waals surface area contributed by atoms with Crippen LogP contribution in [0.25, 0.3) is 0 Å². The molecule has 3 aromatic rings. The van der Waals surface area contributed by atoms with Crippen molar-refractivity contribution in [2.75, 3.05) is 25.0 Å². The molecular formula is C25H30N4O3. The van der Waals surface area contributed by atoms with E-state index in [4.69, 9.17) is 4.42 Å². The zero-order valence-electron chi connectivity index (χ0n) is 18.5. The van der Waals surface area contributed by atoms with E-state index in [0.717, 1.165) is 30.8 Å². The van der Waals surface area contributed by atoms with Gasteiger partial charge in [-0.3, -0.25) is 4.79 Å². The quantitative estimate of drug-likeness (QED) is 0.441. The van der Waals surface area contributed by atoms with E-state index in [9.17, 15) is 9.59 Å². The highest BCUT2D eigenvalue weighted by molar-refractivity contribution is 6.02. The first-order valence-corrected chi connectivity index (χ1v) is 10.8. The third kappa shape index (κ3) is 6.72. The van der Waals surface area contributed by atoms with Gasteiger partial charge in [0.05, 0.1) is 12.3 Å². The lowest BCUT2D eigenvalue weighted by Crippen LogP contribution is -2.42. The Morgan fingerprint density at radius 2 is 1.66 bits per heavy atom. The Morgan fingerprint density at radius 1 is 0.938 bits per heavy atom. The molecule has 1 heterocycles. The predicted molar refractivity (Wildman–Crippen MR) is 125 cm³/mol. The summed E-state index contributed by atoms with van der Waals surface area (Å²) in [4.78, 5) is 26.9. The summed E-state index contributed by atoms with van der Waals surface area (Å²) >= 11 is 0. The first-order chi connectivity index (χ1) is 15.6. The number of carbonyl (C=O) groups excluding carboxylic acids is 2. The minimum absolute atomic E-state index is 0.102. The summed E-state index contributed by atoms with van der Waals surface area (Å²) in [7, 11) is 0. The van der Waals surface area contributed by atoms with Crippen LogP contribution in [-0.2, 0) is 6.54 Å². The van der Waals surface area contributed by atoms with Crippen molar-refractivity contribution >= 4 is 17.6 Å². The fourth-order valence-electron chi connectivity index (χ4n) is 3.36. The van der Waals surface area contributed by atoms with Gasteiger partial charge in [0.1, 0.15) is 0 Å². The molecule has 1 aromatic heterocycles. The first kappa shape index (κ1) is 23.1. The minimum atomic E-state index is -0.305. The van der Waals surface area contributed by atoms with Gasteiger partial charge in [-0.05, 0) is 48.5 Å². The zero-order chi connectivity index (χ0) is 22.8. The van der Waals surface area contributed by atoms with Gasteiger partial charge < -0.3 is 25.3 Å². The summed E-state index contributed by atoms with van der Waals surface area (Å²) in [6, 6.07) is 20.3. The van der Waals surface area contributed by atoms with E-state index in [2.05, 4.69) is 34.7 Å². The summed E-state index contributed by atoms with van der Waals surface area (Å²) in [6.45, 7) is 7.20. The van der Waals surface area contributed by atoms with Crippen molar-refractivity contribution in [2.24, 2.45) is 0 Å². The molecule has 0 radical (unpaired) electrons. The maximum atomic E-state index is 12.6. The van der Waals surface area contributed by atoms with Gasteiger partial charge in [-0.25, -0.2) is 4.79 Å². The molecule has 2 aromatic carbocycles. The Bertz CT molecular complexity index is 968. The summed E-state index contributed by atoms with van der Waals surface area (Å²) in [5.74, 6) is -0.0505. The molecule has 7 nitrogen and oxygen atoms in total. The third-order valence-electron chi connectivity index (χ3n) is 5.25. The number of furan rings is 1. The second kappa shape index (κ2) is 11.7. The summed E-state index contributed by atoms with van der Waals surface area (Å²) < 4.78 is 5.09. The molecule has 3 rings (SSSR count). The molecule has 32 heavy (non-hydrogen) atoms. The van der Waals surface area contributed by atoms with Gasteiger partial charge in [-0.1, -0.05) is 56.3 Å². The van der Waals surface area contributed by atoms with E-state index < -0.39 is 0 Å². The average Bonchev–Trinajstić information content (AvgIpc) is 3.37. The molecule has 0 aliphatic heterocycles. The molecule has 0 saturated carbocycles. The number of hydrogen-bond acceptors (Lipinski definition) is 4. The number of anilines is 1. The van der Waals surface area contributed by atoms with Crippen molar-refractivity contribution in [2.45, 2.75) is 26.4 Å². The number of nitrogens with zero attached hydrogens (tertiary/aromatic N) is 1. The van der Waals surface area contributed by atoms with Crippen LogP contribution in [0.4, 0.5) is 10.5 Å². The molecular weight excluding hydrogens is 404 g/mol. The number of benzene rings is 2. The molecule has 3 amide bonds.